The van der Waals surface area contributed by atoms with Crippen molar-refractivity contribution >= 4 is 11.6 Å². The first kappa shape index (κ1) is 21.3. The molecule has 10 heteroatoms. The predicted octanol–water partition coefficient (Wildman–Crippen LogP) is 3.84. The fourth-order valence-electron chi connectivity index (χ4n) is 3.59. The first-order valence-electron chi connectivity index (χ1n) is 10.7. The van der Waals surface area contributed by atoms with Crippen molar-refractivity contribution in [2.24, 2.45) is 0 Å². The van der Waals surface area contributed by atoms with Crippen molar-refractivity contribution in [2.45, 2.75) is 13.1 Å². The Morgan fingerprint density at radius 2 is 1.76 bits per heavy atom. The molecule has 0 radical (unpaired) electrons. The lowest BCUT2D eigenvalue weighted by Gasteiger charge is -2.20. The highest BCUT2D eigenvalue weighted by Crippen LogP contribution is 2.23. The van der Waals surface area contributed by atoms with E-state index in [1.54, 1.807) is 22.8 Å². The van der Waals surface area contributed by atoms with Crippen LogP contribution in [0.15, 0.2) is 79.6 Å². The Labute approximate surface area is 195 Å². The minimum atomic E-state index is -0.489. The van der Waals surface area contributed by atoms with E-state index in [9.17, 15) is 0 Å². The monoisotopic (exact) mass is 455 g/mol. The molecule has 2 aromatic carbocycles. The van der Waals surface area contributed by atoms with Crippen LogP contribution in [0.1, 0.15) is 11.1 Å². The molecule has 0 amide bonds. The van der Waals surface area contributed by atoms with Crippen LogP contribution in [-0.2, 0) is 13.1 Å². The first-order chi connectivity index (χ1) is 16.7. The van der Waals surface area contributed by atoms with Gasteiger partial charge in [-0.1, -0.05) is 36.4 Å². The molecule has 0 aliphatic heterocycles. The Kier molecular flexibility index (Phi) is 5.93. The van der Waals surface area contributed by atoms with Crippen molar-refractivity contribution in [3.63, 3.8) is 0 Å². The predicted molar refractivity (Wildman–Crippen MR) is 127 cm³/mol. The summed E-state index contributed by atoms with van der Waals surface area (Å²) in [4.78, 5) is 14.1. The number of hydrogen-bond donors (Lipinski definition) is 2. The van der Waals surface area contributed by atoms with E-state index in [1.165, 1.54) is 12.7 Å². The summed E-state index contributed by atoms with van der Waals surface area (Å²) in [6.07, 6.45) is 6.45. The lowest BCUT2D eigenvalue weighted by Crippen LogP contribution is -2.20. The molecule has 170 valence electrons. The molecule has 2 N–H and O–H groups in total. The highest BCUT2D eigenvalue weighted by Gasteiger charge is 2.15. The zero-order chi connectivity index (χ0) is 23.3. The van der Waals surface area contributed by atoms with E-state index in [4.69, 9.17) is 0 Å². The number of nitrogens with one attached hydrogen (secondary N) is 2. The fraction of sp³-hybridized carbons (Fsp3) is 0.125. The SMILES string of the molecule is CN(Cc1ccc(-n2cccn2)cc1)c1ncnc(NCc2ccc(-c3ncn[nH]3)cc2)c1F. The van der Waals surface area contributed by atoms with Crippen molar-refractivity contribution in [2.75, 3.05) is 17.3 Å². The van der Waals surface area contributed by atoms with E-state index >= 15 is 4.39 Å². The minimum Gasteiger partial charge on any atom is -0.363 e. The molecule has 0 saturated heterocycles. The summed E-state index contributed by atoms with van der Waals surface area (Å²) in [5.41, 5.74) is 3.90. The highest BCUT2D eigenvalue weighted by atomic mass is 19.1. The maximum absolute atomic E-state index is 15.2. The van der Waals surface area contributed by atoms with Crippen LogP contribution in [0.4, 0.5) is 16.0 Å². The molecule has 0 aliphatic rings. The van der Waals surface area contributed by atoms with E-state index in [2.05, 4.69) is 35.6 Å². The van der Waals surface area contributed by atoms with E-state index in [0.717, 1.165) is 22.4 Å². The standard InChI is InChI=1S/C24H22FN9/c1-33(14-18-5-9-20(10-6-18)34-12-2-11-31-34)24-21(25)23(27-15-29-24)26-13-17-3-7-19(8-4-17)22-28-16-30-32-22/h2-12,15-16H,13-14H2,1H3,(H,26,27,29)(H,28,30,32). The average molecular weight is 456 g/mol. The Morgan fingerprint density at radius 3 is 2.47 bits per heavy atom. The van der Waals surface area contributed by atoms with Crippen LogP contribution in [-0.4, -0.2) is 42.0 Å². The van der Waals surface area contributed by atoms with E-state index in [-0.39, 0.29) is 11.6 Å². The zero-order valence-electron chi connectivity index (χ0n) is 18.4. The van der Waals surface area contributed by atoms with Crippen LogP contribution in [0, 0.1) is 5.82 Å². The van der Waals surface area contributed by atoms with Gasteiger partial charge in [-0.15, -0.1) is 0 Å². The van der Waals surface area contributed by atoms with Crippen LogP contribution < -0.4 is 10.2 Å². The third kappa shape index (κ3) is 4.60. The van der Waals surface area contributed by atoms with Crippen molar-refractivity contribution in [1.82, 2.24) is 34.9 Å². The normalized spacial score (nSPS) is 10.9. The van der Waals surface area contributed by atoms with Crippen LogP contribution in [0.5, 0.6) is 0 Å². The molecule has 5 rings (SSSR count). The van der Waals surface area contributed by atoms with Gasteiger partial charge in [0.15, 0.2) is 17.5 Å². The largest absolute Gasteiger partial charge is 0.363 e. The van der Waals surface area contributed by atoms with Gasteiger partial charge in [0, 0.05) is 38.1 Å². The van der Waals surface area contributed by atoms with Crippen LogP contribution in [0.2, 0.25) is 0 Å². The molecule has 0 saturated carbocycles. The highest BCUT2D eigenvalue weighted by molar-refractivity contribution is 5.55. The summed E-state index contributed by atoms with van der Waals surface area (Å²) in [5.74, 6) is 0.598. The molecule has 9 nitrogen and oxygen atoms in total. The molecule has 0 spiro atoms. The number of benzene rings is 2. The number of anilines is 2. The minimum absolute atomic E-state index is 0.158. The van der Waals surface area contributed by atoms with E-state index in [1.807, 2.05) is 60.8 Å². The number of rotatable bonds is 8. The Bertz CT molecular complexity index is 1330. The maximum atomic E-state index is 15.2. The summed E-state index contributed by atoms with van der Waals surface area (Å²) < 4.78 is 17.0. The smallest absolute Gasteiger partial charge is 0.207 e. The number of halogens is 1. The molecule has 34 heavy (non-hydrogen) atoms. The van der Waals surface area contributed by atoms with Crippen molar-refractivity contribution < 1.29 is 4.39 Å². The molecule has 0 unspecified atom stereocenters. The van der Waals surface area contributed by atoms with Gasteiger partial charge in [-0.05, 0) is 29.3 Å². The zero-order valence-corrected chi connectivity index (χ0v) is 18.4. The molecular weight excluding hydrogens is 433 g/mol. The summed E-state index contributed by atoms with van der Waals surface area (Å²) in [6, 6.07) is 17.6. The lowest BCUT2D eigenvalue weighted by atomic mass is 10.1. The van der Waals surface area contributed by atoms with Gasteiger partial charge in [0.2, 0.25) is 5.82 Å². The van der Waals surface area contributed by atoms with Gasteiger partial charge in [0.25, 0.3) is 0 Å². The number of nitrogens with zero attached hydrogens (tertiary/aromatic N) is 7. The Morgan fingerprint density at radius 1 is 0.971 bits per heavy atom. The lowest BCUT2D eigenvalue weighted by molar-refractivity contribution is 0.610. The maximum Gasteiger partial charge on any atom is 0.207 e. The van der Waals surface area contributed by atoms with Gasteiger partial charge in [-0.3, -0.25) is 5.10 Å². The van der Waals surface area contributed by atoms with E-state index in [0.29, 0.717) is 18.9 Å². The molecule has 3 aromatic heterocycles. The second-order valence-electron chi connectivity index (χ2n) is 7.72. The van der Waals surface area contributed by atoms with Crippen LogP contribution in [0.3, 0.4) is 0 Å². The van der Waals surface area contributed by atoms with Gasteiger partial charge in [-0.25, -0.2) is 19.6 Å². The summed E-state index contributed by atoms with van der Waals surface area (Å²) in [5, 5.41) is 14.0. The third-order valence-corrected chi connectivity index (χ3v) is 5.36. The van der Waals surface area contributed by atoms with Crippen molar-refractivity contribution in [1.29, 1.82) is 0 Å². The topological polar surface area (TPSA) is 100 Å². The molecule has 0 aliphatic carbocycles. The van der Waals surface area contributed by atoms with Crippen LogP contribution >= 0.6 is 0 Å². The van der Waals surface area contributed by atoms with Crippen molar-refractivity contribution in [3.8, 4) is 17.1 Å². The molecule has 0 fully saturated rings. The number of aromatic nitrogens is 7. The molecule has 0 atom stereocenters. The summed E-state index contributed by atoms with van der Waals surface area (Å²) in [6.45, 7) is 0.915. The Hall–Kier alpha value is -4.60. The molecule has 3 heterocycles. The second kappa shape index (κ2) is 9.49. The summed E-state index contributed by atoms with van der Waals surface area (Å²) in [7, 11) is 1.80. The van der Waals surface area contributed by atoms with Gasteiger partial charge in [0.1, 0.15) is 12.7 Å². The Balaban J connectivity index is 1.24. The molecule has 5 aromatic rings. The van der Waals surface area contributed by atoms with Crippen molar-refractivity contribution in [3.05, 3.63) is 96.6 Å². The van der Waals surface area contributed by atoms with Crippen LogP contribution in [0.25, 0.3) is 17.1 Å². The third-order valence-electron chi connectivity index (χ3n) is 5.36. The van der Waals surface area contributed by atoms with Gasteiger partial charge >= 0.3 is 0 Å². The molecule has 0 bridgehead atoms. The number of aromatic amines is 1. The van der Waals surface area contributed by atoms with Gasteiger partial charge in [-0.2, -0.15) is 14.6 Å². The number of H-pyrrole nitrogens is 1. The second-order valence-corrected chi connectivity index (χ2v) is 7.72. The summed E-state index contributed by atoms with van der Waals surface area (Å²) >= 11 is 0. The van der Waals surface area contributed by atoms with Gasteiger partial charge < -0.3 is 10.2 Å². The first-order valence-corrected chi connectivity index (χ1v) is 10.7. The fourth-order valence-corrected chi connectivity index (χ4v) is 3.59. The quantitative estimate of drug-likeness (QED) is 0.367. The van der Waals surface area contributed by atoms with Gasteiger partial charge in [0.05, 0.1) is 5.69 Å². The van der Waals surface area contributed by atoms with E-state index < -0.39 is 5.82 Å². The number of hydrogen-bond acceptors (Lipinski definition) is 7. The molecular formula is C24H22FN9. The average Bonchev–Trinajstić information content (AvgIpc) is 3.59.